The minimum atomic E-state index is -0.485. The summed E-state index contributed by atoms with van der Waals surface area (Å²) in [6, 6.07) is 4.07. The van der Waals surface area contributed by atoms with E-state index in [0.717, 1.165) is 6.42 Å². The van der Waals surface area contributed by atoms with Gasteiger partial charge in [-0.2, -0.15) is 0 Å². The quantitative estimate of drug-likeness (QED) is 0.894. The predicted octanol–water partition coefficient (Wildman–Crippen LogP) is 1.46. The molecule has 2 rings (SSSR count). The molecular formula is C15H19FN2O3. The highest BCUT2D eigenvalue weighted by atomic mass is 19.1. The Morgan fingerprint density at radius 3 is 2.81 bits per heavy atom. The van der Waals surface area contributed by atoms with Crippen molar-refractivity contribution in [3.8, 4) is 5.75 Å². The van der Waals surface area contributed by atoms with Gasteiger partial charge in [-0.1, -0.05) is 19.4 Å². The van der Waals surface area contributed by atoms with Crippen LogP contribution in [-0.4, -0.2) is 36.4 Å². The molecule has 114 valence electrons. The van der Waals surface area contributed by atoms with Gasteiger partial charge >= 0.3 is 0 Å². The molecule has 0 aromatic heterocycles. The van der Waals surface area contributed by atoms with Gasteiger partial charge in [-0.15, -0.1) is 0 Å². The van der Waals surface area contributed by atoms with Gasteiger partial charge in [-0.3, -0.25) is 9.59 Å². The third-order valence-corrected chi connectivity index (χ3v) is 3.54. The molecule has 0 spiro atoms. The largest absolute Gasteiger partial charge is 0.494 e. The summed E-state index contributed by atoms with van der Waals surface area (Å²) in [6.45, 7) is 2.17. The Labute approximate surface area is 123 Å². The number of halogens is 1. The van der Waals surface area contributed by atoms with E-state index in [1.165, 1.54) is 24.1 Å². The first-order chi connectivity index (χ1) is 10.1. The van der Waals surface area contributed by atoms with E-state index in [2.05, 4.69) is 5.32 Å². The van der Waals surface area contributed by atoms with Gasteiger partial charge in [0.05, 0.1) is 13.7 Å². The monoisotopic (exact) mass is 294 g/mol. The van der Waals surface area contributed by atoms with Crippen LogP contribution in [0.3, 0.4) is 0 Å². The number of carbonyl (C=O) groups excluding carboxylic acids is 2. The van der Waals surface area contributed by atoms with E-state index in [9.17, 15) is 14.0 Å². The maximum absolute atomic E-state index is 13.7. The van der Waals surface area contributed by atoms with Crippen molar-refractivity contribution in [2.45, 2.75) is 32.4 Å². The molecule has 1 aromatic carbocycles. The van der Waals surface area contributed by atoms with E-state index in [1.54, 1.807) is 6.07 Å². The first-order valence-corrected chi connectivity index (χ1v) is 6.96. The number of nitrogens with one attached hydrogen (secondary N) is 1. The molecule has 0 saturated carbocycles. The molecule has 21 heavy (non-hydrogen) atoms. The molecule has 6 heteroatoms. The molecule has 1 fully saturated rings. The summed E-state index contributed by atoms with van der Waals surface area (Å²) in [5.41, 5.74) is 0.637. The van der Waals surface area contributed by atoms with Crippen LogP contribution in [0.25, 0.3) is 0 Å². The molecule has 0 aliphatic carbocycles. The number of nitrogens with zero attached hydrogens (tertiary/aromatic N) is 1. The molecule has 5 nitrogen and oxygen atoms in total. The Morgan fingerprint density at radius 2 is 2.19 bits per heavy atom. The Bertz CT molecular complexity index is 548. The van der Waals surface area contributed by atoms with Gasteiger partial charge in [0.25, 0.3) is 0 Å². The maximum Gasteiger partial charge on any atom is 0.243 e. The molecule has 0 bridgehead atoms. The maximum atomic E-state index is 13.7. The van der Waals surface area contributed by atoms with Crippen molar-refractivity contribution in [3.05, 3.63) is 29.6 Å². The average Bonchev–Trinajstić information content (AvgIpc) is 2.47. The zero-order chi connectivity index (χ0) is 15.4. The fraction of sp³-hybridized carbons (Fsp3) is 0.467. The fourth-order valence-electron chi connectivity index (χ4n) is 2.46. The Hall–Kier alpha value is -2.11. The lowest BCUT2D eigenvalue weighted by Gasteiger charge is -2.35. The second-order valence-electron chi connectivity index (χ2n) is 5.01. The fourth-order valence-corrected chi connectivity index (χ4v) is 2.46. The third kappa shape index (κ3) is 3.32. The van der Waals surface area contributed by atoms with Crippen LogP contribution in [0.1, 0.15) is 25.3 Å². The molecule has 1 unspecified atom stereocenters. The number of carbonyl (C=O) groups is 2. The zero-order valence-electron chi connectivity index (χ0n) is 12.2. The third-order valence-electron chi connectivity index (χ3n) is 3.54. The van der Waals surface area contributed by atoms with Crippen molar-refractivity contribution in [1.82, 2.24) is 10.2 Å². The highest BCUT2D eigenvalue weighted by Gasteiger charge is 2.33. The summed E-state index contributed by atoms with van der Waals surface area (Å²) in [6.07, 6.45) is 1.38. The number of hydrogen-bond donors (Lipinski definition) is 1. The number of benzene rings is 1. The first-order valence-electron chi connectivity index (χ1n) is 6.96. The highest BCUT2D eigenvalue weighted by Crippen LogP contribution is 2.21. The van der Waals surface area contributed by atoms with Gasteiger partial charge in [0.2, 0.25) is 11.8 Å². The van der Waals surface area contributed by atoms with Crippen molar-refractivity contribution in [2.75, 3.05) is 13.7 Å². The van der Waals surface area contributed by atoms with Gasteiger partial charge in [-0.25, -0.2) is 4.39 Å². The zero-order valence-corrected chi connectivity index (χ0v) is 12.2. The highest BCUT2D eigenvalue weighted by molar-refractivity contribution is 5.94. The molecule has 1 heterocycles. The van der Waals surface area contributed by atoms with E-state index < -0.39 is 11.9 Å². The van der Waals surface area contributed by atoms with Crippen LogP contribution < -0.4 is 10.1 Å². The second kappa shape index (κ2) is 6.56. The summed E-state index contributed by atoms with van der Waals surface area (Å²) in [5.74, 6) is -0.614. The molecule has 2 amide bonds. The normalized spacial score (nSPS) is 18.6. The summed E-state index contributed by atoms with van der Waals surface area (Å²) < 4.78 is 18.6. The van der Waals surface area contributed by atoms with Crippen LogP contribution in [0, 0.1) is 5.82 Å². The Balaban J connectivity index is 2.20. The lowest BCUT2D eigenvalue weighted by Crippen LogP contribution is -2.57. The standard InChI is InChI=1S/C15H19FN2O3/c1-3-4-12-15(20)17-8-14(19)18(12)9-10-5-6-13(21-2)11(16)7-10/h5-7,12H,3-4,8-9H2,1-2H3,(H,17,20). The van der Waals surface area contributed by atoms with Crippen molar-refractivity contribution in [2.24, 2.45) is 0 Å². The number of methoxy groups -OCH3 is 1. The van der Waals surface area contributed by atoms with Crippen LogP contribution >= 0.6 is 0 Å². The van der Waals surface area contributed by atoms with E-state index in [0.29, 0.717) is 12.0 Å². The minimum Gasteiger partial charge on any atom is -0.494 e. The summed E-state index contributed by atoms with van der Waals surface area (Å²) in [7, 11) is 1.40. The molecule has 1 atom stereocenters. The van der Waals surface area contributed by atoms with Gasteiger partial charge in [0.1, 0.15) is 6.04 Å². The van der Waals surface area contributed by atoms with E-state index >= 15 is 0 Å². The van der Waals surface area contributed by atoms with Gasteiger partial charge in [-0.05, 0) is 24.1 Å². The second-order valence-corrected chi connectivity index (χ2v) is 5.01. The van der Waals surface area contributed by atoms with Crippen molar-refractivity contribution >= 4 is 11.8 Å². The number of piperazine rings is 1. The SMILES string of the molecule is CCCC1C(=O)NCC(=O)N1Cc1ccc(OC)c(F)c1. The average molecular weight is 294 g/mol. The van der Waals surface area contributed by atoms with E-state index in [1.807, 2.05) is 6.92 Å². The van der Waals surface area contributed by atoms with E-state index in [4.69, 9.17) is 4.74 Å². The van der Waals surface area contributed by atoms with Crippen molar-refractivity contribution < 1.29 is 18.7 Å². The van der Waals surface area contributed by atoms with Gasteiger partial charge in [0.15, 0.2) is 11.6 Å². The predicted molar refractivity (Wildman–Crippen MR) is 75.2 cm³/mol. The van der Waals surface area contributed by atoms with Crippen LogP contribution in [0.2, 0.25) is 0 Å². The van der Waals surface area contributed by atoms with Crippen molar-refractivity contribution in [3.63, 3.8) is 0 Å². The number of amides is 2. The molecule has 1 aliphatic rings. The lowest BCUT2D eigenvalue weighted by atomic mass is 10.1. The van der Waals surface area contributed by atoms with Gasteiger partial charge < -0.3 is 15.0 Å². The number of hydrogen-bond acceptors (Lipinski definition) is 3. The molecule has 1 aliphatic heterocycles. The number of rotatable bonds is 5. The first kappa shape index (κ1) is 15.3. The van der Waals surface area contributed by atoms with Gasteiger partial charge in [0, 0.05) is 6.54 Å². The lowest BCUT2D eigenvalue weighted by molar-refractivity contribution is -0.146. The van der Waals surface area contributed by atoms with Crippen LogP contribution in [0.5, 0.6) is 5.75 Å². The smallest absolute Gasteiger partial charge is 0.243 e. The molecule has 1 N–H and O–H groups in total. The van der Waals surface area contributed by atoms with Crippen molar-refractivity contribution in [1.29, 1.82) is 0 Å². The summed E-state index contributed by atoms with van der Waals surface area (Å²) >= 11 is 0. The minimum absolute atomic E-state index is 0.00230. The van der Waals surface area contributed by atoms with Crippen LogP contribution in [0.15, 0.2) is 18.2 Å². The summed E-state index contributed by atoms with van der Waals surface area (Å²) in [5, 5.41) is 2.59. The Morgan fingerprint density at radius 1 is 1.43 bits per heavy atom. The van der Waals surface area contributed by atoms with E-state index in [-0.39, 0.29) is 30.7 Å². The molecule has 0 radical (unpaired) electrons. The number of ether oxygens (including phenoxy) is 1. The summed E-state index contributed by atoms with van der Waals surface area (Å²) in [4.78, 5) is 25.4. The topological polar surface area (TPSA) is 58.6 Å². The van der Waals surface area contributed by atoms with Crippen LogP contribution in [-0.2, 0) is 16.1 Å². The van der Waals surface area contributed by atoms with Crippen LogP contribution in [0.4, 0.5) is 4.39 Å². The molecular weight excluding hydrogens is 275 g/mol. The molecule has 1 saturated heterocycles. The Kier molecular flexibility index (Phi) is 4.77. The molecule has 1 aromatic rings.